The molecule has 190 valence electrons. The minimum atomic E-state index is -0.849. The van der Waals surface area contributed by atoms with Crippen LogP contribution >= 0.6 is 0 Å². The third-order valence-corrected chi connectivity index (χ3v) is 5.66. The predicted octanol–water partition coefficient (Wildman–Crippen LogP) is 0.745. The minimum Gasteiger partial charge on any atom is -0.484 e. The standard InChI is InChI=1S/C24H37N3O7/c1-24(2,3)34-23(31)25-20-12-18(28)14-26(15-21(20)29)13-17-4-6-19(7-5-17)33-16-22(30)27-8-10-32-11-9-27/h4-7,18,20-21,28-29H,8-16H2,1-3H3,(H,25,31)/t18-,20-,21-/m1/s1. The van der Waals surface area contributed by atoms with Gasteiger partial charge < -0.3 is 34.6 Å². The number of hydrogen-bond acceptors (Lipinski definition) is 8. The molecular weight excluding hydrogens is 442 g/mol. The number of amides is 2. The second-order valence-corrected chi connectivity index (χ2v) is 9.83. The zero-order chi connectivity index (χ0) is 24.7. The van der Waals surface area contributed by atoms with Crippen LogP contribution in [0.2, 0.25) is 0 Å². The molecule has 2 fully saturated rings. The molecule has 2 aliphatic heterocycles. The van der Waals surface area contributed by atoms with Gasteiger partial charge in [0.15, 0.2) is 6.61 Å². The van der Waals surface area contributed by atoms with E-state index < -0.39 is 29.9 Å². The van der Waals surface area contributed by atoms with Crippen LogP contribution in [0.1, 0.15) is 32.8 Å². The van der Waals surface area contributed by atoms with E-state index in [-0.39, 0.29) is 18.9 Å². The minimum absolute atomic E-state index is 0.0180. The molecule has 3 atom stereocenters. The average molecular weight is 480 g/mol. The molecule has 3 rings (SSSR count). The molecule has 10 nitrogen and oxygen atoms in total. The summed E-state index contributed by atoms with van der Waals surface area (Å²) in [6, 6.07) is 6.80. The van der Waals surface area contributed by atoms with Gasteiger partial charge in [0.05, 0.1) is 31.5 Å². The lowest BCUT2D eigenvalue weighted by molar-refractivity contribution is -0.137. The van der Waals surface area contributed by atoms with E-state index >= 15 is 0 Å². The van der Waals surface area contributed by atoms with Gasteiger partial charge in [0.25, 0.3) is 5.91 Å². The van der Waals surface area contributed by atoms with Gasteiger partial charge in [-0.15, -0.1) is 0 Å². The number of morpholine rings is 1. The Bertz CT molecular complexity index is 806. The van der Waals surface area contributed by atoms with Gasteiger partial charge in [0, 0.05) is 32.7 Å². The van der Waals surface area contributed by atoms with Crippen molar-refractivity contribution in [3.63, 3.8) is 0 Å². The van der Waals surface area contributed by atoms with Crippen LogP contribution in [0.5, 0.6) is 5.75 Å². The molecule has 2 saturated heterocycles. The molecule has 0 bridgehead atoms. The lowest BCUT2D eigenvalue weighted by Gasteiger charge is -2.27. The van der Waals surface area contributed by atoms with Gasteiger partial charge in [0.2, 0.25) is 0 Å². The number of carbonyl (C=O) groups is 2. The van der Waals surface area contributed by atoms with Crippen molar-refractivity contribution < 1.29 is 34.0 Å². The van der Waals surface area contributed by atoms with Crippen molar-refractivity contribution >= 4 is 12.0 Å². The molecule has 2 heterocycles. The summed E-state index contributed by atoms with van der Waals surface area (Å²) in [5, 5.41) is 23.8. The van der Waals surface area contributed by atoms with E-state index in [1.165, 1.54) is 0 Å². The molecular formula is C24H37N3O7. The van der Waals surface area contributed by atoms with Gasteiger partial charge in [-0.3, -0.25) is 9.69 Å². The first-order valence-electron chi connectivity index (χ1n) is 11.7. The van der Waals surface area contributed by atoms with Crippen LogP contribution in [-0.2, 0) is 20.8 Å². The molecule has 2 aliphatic rings. The highest BCUT2D eigenvalue weighted by Crippen LogP contribution is 2.18. The molecule has 0 radical (unpaired) electrons. The molecule has 10 heteroatoms. The molecule has 34 heavy (non-hydrogen) atoms. The molecule has 2 amide bonds. The third kappa shape index (κ3) is 8.43. The highest BCUT2D eigenvalue weighted by atomic mass is 16.6. The Hall–Kier alpha value is -2.40. The van der Waals surface area contributed by atoms with Crippen LogP contribution in [0.15, 0.2) is 24.3 Å². The van der Waals surface area contributed by atoms with E-state index in [0.29, 0.717) is 51.7 Å². The number of hydrogen-bond donors (Lipinski definition) is 3. The quantitative estimate of drug-likeness (QED) is 0.547. The number of aliphatic hydroxyl groups is 2. The Kier molecular flexibility index (Phi) is 9.12. The van der Waals surface area contributed by atoms with Crippen LogP contribution in [0, 0.1) is 0 Å². The Morgan fingerprint density at radius 2 is 1.79 bits per heavy atom. The Morgan fingerprint density at radius 1 is 1.12 bits per heavy atom. The van der Waals surface area contributed by atoms with Crippen LogP contribution in [0.4, 0.5) is 4.79 Å². The largest absolute Gasteiger partial charge is 0.484 e. The number of β-amino-alcohol motifs (C(OH)–C–C–N with tert-alkyl or cyclic N) is 2. The number of benzene rings is 1. The van der Waals surface area contributed by atoms with Crippen molar-refractivity contribution in [3.8, 4) is 5.75 Å². The summed E-state index contributed by atoms with van der Waals surface area (Å²) in [7, 11) is 0. The summed E-state index contributed by atoms with van der Waals surface area (Å²) < 4.78 is 16.2. The number of rotatable bonds is 6. The van der Waals surface area contributed by atoms with Crippen molar-refractivity contribution in [1.29, 1.82) is 0 Å². The van der Waals surface area contributed by atoms with Crippen molar-refractivity contribution in [2.75, 3.05) is 46.0 Å². The van der Waals surface area contributed by atoms with Gasteiger partial charge in [-0.1, -0.05) is 12.1 Å². The Labute approximate surface area is 200 Å². The van der Waals surface area contributed by atoms with Gasteiger partial charge in [-0.2, -0.15) is 0 Å². The fraction of sp³-hybridized carbons (Fsp3) is 0.667. The number of carbonyl (C=O) groups excluding carboxylic acids is 2. The molecule has 1 aromatic carbocycles. The van der Waals surface area contributed by atoms with Gasteiger partial charge in [-0.05, 0) is 44.9 Å². The summed E-state index contributed by atoms with van der Waals surface area (Å²) >= 11 is 0. The van der Waals surface area contributed by atoms with E-state index in [1.807, 2.05) is 17.0 Å². The molecule has 3 N–H and O–H groups in total. The first kappa shape index (κ1) is 26.2. The maximum atomic E-state index is 12.2. The van der Waals surface area contributed by atoms with Crippen LogP contribution in [0.3, 0.4) is 0 Å². The lowest BCUT2D eigenvalue weighted by atomic mass is 10.1. The Balaban J connectivity index is 1.49. The number of nitrogens with zero attached hydrogens (tertiary/aromatic N) is 2. The van der Waals surface area contributed by atoms with E-state index in [1.54, 1.807) is 37.8 Å². The first-order chi connectivity index (χ1) is 16.1. The number of likely N-dealkylation sites (tertiary alicyclic amines) is 1. The van der Waals surface area contributed by atoms with Crippen LogP contribution in [0.25, 0.3) is 0 Å². The third-order valence-electron chi connectivity index (χ3n) is 5.66. The van der Waals surface area contributed by atoms with Crippen molar-refractivity contribution in [3.05, 3.63) is 29.8 Å². The number of nitrogens with one attached hydrogen (secondary N) is 1. The van der Waals surface area contributed by atoms with Crippen molar-refractivity contribution in [1.82, 2.24) is 15.1 Å². The van der Waals surface area contributed by atoms with E-state index in [4.69, 9.17) is 14.2 Å². The summed E-state index contributed by atoms with van der Waals surface area (Å²) in [5.41, 5.74) is 0.334. The summed E-state index contributed by atoms with van der Waals surface area (Å²) in [6.07, 6.45) is -1.93. The highest BCUT2D eigenvalue weighted by Gasteiger charge is 2.32. The van der Waals surface area contributed by atoms with Crippen LogP contribution in [-0.4, -0.2) is 102 Å². The van der Waals surface area contributed by atoms with Gasteiger partial charge >= 0.3 is 6.09 Å². The molecule has 0 unspecified atom stereocenters. The summed E-state index contributed by atoms with van der Waals surface area (Å²) in [5.74, 6) is 0.539. The van der Waals surface area contributed by atoms with E-state index in [2.05, 4.69) is 5.32 Å². The normalized spacial score (nSPS) is 24.3. The monoisotopic (exact) mass is 479 g/mol. The molecule has 0 aliphatic carbocycles. The maximum absolute atomic E-state index is 12.2. The molecule has 1 aromatic rings. The number of ether oxygens (including phenoxy) is 3. The van der Waals surface area contributed by atoms with Crippen molar-refractivity contribution in [2.45, 2.75) is 57.6 Å². The lowest BCUT2D eigenvalue weighted by Crippen LogP contribution is -2.48. The van der Waals surface area contributed by atoms with Gasteiger partial charge in [0.1, 0.15) is 11.4 Å². The zero-order valence-corrected chi connectivity index (χ0v) is 20.2. The summed E-state index contributed by atoms with van der Waals surface area (Å²) in [6.45, 7) is 8.75. The smallest absolute Gasteiger partial charge is 0.407 e. The zero-order valence-electron chi connectivity index (χ0n) is 20.2. The van der Waals surface area contributed by atoms with Crippen LogP contribution < -0.4 is 10.1 Å². The van der Waals surface area contributed by atoms with E-state index in [9.17, 15) is 19.8 Å². The second kappa shape index (κ2) is 11.8. The second-order valence-electron chi connectivity index (χ2n) is 9.83. The topological polar surface area (TPSA) is 121 Å². The van der Waals surface area contributed by atoms with Gasteiger partial charge in [-0.25, -0.2) is 4.79 Å². The van der Waals surface area contributed by atoms with Crippen molar-refractivity contribution in [2.24, 2.45) is 0 Å². The summed E-state index contributed by atoms with van der Waals surface area (Å²) in [4.78, 5) is 28.0. The molecule has 0 spiro atoms. The number of alkyl carbamates (subject to hydrolysis) is 1. The molecule has 0 saturated carbocycles. The fourth-order valence-corrected chi connectivity index (χ4v) is 4.03. The maximum Gasteiger partial charge on any atom is 0.407 e. The first-order valence-corrected chi connectivity index (χ1v) is 11.7. The Morgan fingerprint density at radius 3 is 2.44 bits per heavy atom. The molecule has 0 aromatic heterocycles. The number of aliphatic hydroxyl groups excluding tert-OH is 2. The fourth-order valence-electron chi connectivity index (χ4n) is 4.03. The predicted molar refractivity (Wildman–Crippen MR) is 124 cm³/mol. The highest BCUT2D eigenvalue weighted by molar-refractivity contribution is 5.77. The van der Waals surface area contributed by atoms with E-state index in [0.717, 1.165) is 5.56 Å². The SMILES string of the molecule is CC(C)(C)OC(=O)N[C@@H]1C[C@@H](O)CN(Cc2ccc(OCC(=O)N3CCOCC3)cc2)C[C@H]1O. The average Bonchev–Trinajstić information content (AvgIpc) is 2.89.